The highest BCUT2D eigenvalue weighted by atomic mass is 16.3. The van der Waals surface area contributed by atoms with Crippen molar-refractivity contribution in [2.45, 2.75) is 0 Å². The molecule has 0 aliphatic carbocycles. The molecule has 0 atom stereocenters. The quantitative estimate of drug-likeness (QED) is 0.146. The van der Waals surface area contributed by atoms with Crippen molar-refractivity contribution in [2.24, 2.45) is 0 Å². The second kappa shape index (κ2) is 12.6. The van der Waals surface area contributed by atoms with Crippen LogP contribution in [-0.4, -0.2) is 36.5 Å². The number of phenols is 1. The number of fused-ring (bicyclic) bond motifs is 8. The molecule has 0 saturated heterocycles. The fourth-order valence-corrected chi connectivity index (χ4v) is 8.92. The molecule has 11 aromatic rings. The highest BCUT2D eigenvalue weighted by molar-refractivity contribution is 6.61. The first kappa shape index (κ1) is 33.5. The molecule has 8 radical (unpaired) electrons. The van der Waals surface area contributed by atoms with Crippen LogP contribution in [0.25, 0.3) is 110 Å². The van der Waals surface area contributed by atoms with E-state index >= 15 is 0 Å². The third kappa shape index (κ3) is 4.85. The summed E-state index contributed by atoms with van der Waals surface area (Å²) in [5.41, 5.74) is 11.1. The number of furan rings is 2. The molecule has 0 aliphatic rings. The Morgan fingerprint density at radius 2 is 0.860 bits per heavy atom. The Morgan fingerprint density at radius 3 is 1.51 bits per heavy atom. The van der Waals surface area contributed by atoms with E-state index in [-0.39, 0.29) is 27.6 Å². The van der Waals surface area contributed by atoms with Crippen LogP contribution in [0, 0.1) is 0 Å². The Kier molecular flexibility index (Phi) is 7.40. The molecule has 0 bridgehead atoms. The van der Waals surface area contributed by atoms with Crippen molar-refractivity contribution in [2.75, 3.05) is 0 Å². The van der Waals surface area contributed by atoms with Crippen LogP contribution in [0.2, 0.25) is 0 Å². The van der Waals surface area contributed by atoms with Gasteiger partial charge in [0.25, 0.3) is 0 Å². The normalized spacial score (nSPS) is 11.9. The largest absolute Gasteiger partial charge is 0.509 e. The summed E-state index contributed by atoms with van der Waals surface area (Å²) >= 11 is 0. The molecule has 0 amide bonds. The van der Waals surface area contributed by atoms with Crippen LogP contribution in [0.4, 0.5) is 0 Å². The maximum absolute atomic E-state index is 10.6. The number of phenolic OH excluding ortho intramolecular Hbond substituents is 1. The number of hydrogen-bond acceptors (Lipinski definition) is 3. The molecule has 0 saturated carbocycles. The van der Waals surface area contributed by atoms with Crippen LogP contribution in [0.1, 0.15) is 0 Å². The van der Waals surface area contributed by atoms with Crippen molar-refractivity contribution in [1.29, 1.82) is 0 Å². The van der Waals surface area contributed by atoms with E-state index in [0.717, 1.165) is 104 Å². The minimum absolute atomic E-state index is 0.00303. The van der Waals surface area contributed by atoms with Crippen molar-refractivity contribution < 1.29 is 13.9 Å². The fraction of sp³-hybridized carbons (Fsp3) is 0. The van der Waals surface area contributed by atoms with Crippen LogP contribution in [0.15, 0.2) is 160 Å². The predicted molar refractivity (Wildman–Crippen MR) is 241 cm³/mol. The summed E-state index contributed by atoms with van der Waals surface area (Å²) in [6.45, 7) is 0. The van der Waals surface area contributed by atoms with E-state index in [4.69, 9.17) is 40.2 Å². The average molecular weight is 718 g/mol. The van der Waals surface area contributed by atoms with Crippen LogP contribution < -0.4 is 21.9 Å². The summed E-state index contributed by atoms with van der Waals surface area (Å²) in [5, 5.41) is 18.7. The molecule has 11 rings (SSSR count). The van der Waals surface area contributed by atoms with Crippen molar-refractivity contribution in [3.05, 3.63) is 152 Å². The van der Waals surface area contributed by atoms with E-state index < -0.39 is 0 Å². The molecular weight excluding hydrogens is 692 g/mol. The van der Waals surface area contributed by atoms with Crippen LogP contribution in [-0.2, 0) is 0 Å². The molecule has 9 aromatic carbocycles. The Hall–Kier alpha value is -6.84. The second-order valence-corrected chi connectivity index (χ2v) is 14.5. The molecule has 0 aliphatic heterocycles. The summed E-state index contributed by atoms with van der Waals surface area (Å²) in [4.78, 5) is 0. The molecule has 0 unspecified atom stereocenters. The van der Waals surface area contributed by atoms with Gasteiger partial charge in [0.1, 0.15) is 53.7 Å². The zero-order chi connectivity index (χ0) is 38.5. The molecule has 0 spiro atoms. The van der Waals surface area contributed by atoms with Gasteiger partial charge in [-0.15, -0.1) is 0 Å². The lowest BCUT2D eigenvalue weighted by atomic mass is 9.64. The van der Waals surface area contributed by atoms with Gasteiger partial charge >= 0.3 is 0 Å². The molecular formula is C50H26B4O3. The van der Waals surface area contributed by atoms with Crippen LogP contribution >= 0.6 is 0 Å². The summed E-state index contributed by atoms with van der Waals surface area (Å²) in [7, 11) is 26.0. The smallest absolute Gasteiger partial charge is 0.143 e. The number of benzene rings is 9. The maximum atomic E-state index is 10.6. The molecule has 3 nitrogen and oxygen atoms in total. The zero-order valence-electron chi connectivity index (χ0n) is 30.5. The number of aromatic hydroxyl groups is 1. The highest BCUT2D eigenvalue weighted by Crippen LogP contribution is 2.48. The van der Waals surface area contributed by atoms with Gasteiger partial charge in [0.05, 0.1) is 5.75 Å². The van der Waals surface area contributed by atoms with Crippen molar-refractivity contribution >= 4 is 119 Å². The lowest BCUT2D eigenvalue weighted by Gasteiger charge is -2.24. The molecule has 2 heterocycles. The zero-order valence-corrected chi connectivity index (χ0v) is 30.5. The van der Waals surface area contributed by atoms with Crippen molar-refractivity contribution in [3.63, 3.8) is 0 Å². The van der Waals surface area contributed by atoms with E-state index in [1.807, 2.05) is 54.6 Å². The summed E-state index contributed by atoms with van der Waals surface area (Å²) in [6, 6.07) is 52.1. The van der Waals surface area contributed by atoms with E-state index in [1.165, 1.54) is 0 Å². The molecule has 2 aromatic heterocycles. The minimum atomic E-state index is -0.313. The molecule has 0 fully saturated rings. The van der Waals surface area contributed by atoms with Gasteiger partial charge in [-0.3, -0.25) is 0 Å². The number of para-hydroxylation sites is 3. The topological polar surface area (TPSA) is 46.5 Å². The molecule has 7 heteroatoms. The Bertz CT molecular complexity index is 3400. The predicted octanol–water partition coefficient (Wildman–Crippen LogP) is 9.34. The summed E-state index contributed by atoms with van der Waals surface area (Å²) < 4.78 is 13.1. The van der Waals surface area contributed by atoms with Gasteiger partial charge in [0, 0.05) is 32.7 Å². The van der Waals surface area contributed by atoms with Crippen molar-refractivity contribution in [3.8, 4) is 50.3 Å². The standard InChI is InChI=1S/C50H26B4O3/c51-45-44(46(52)48(54)49(55)47(45)53)42-31-16-3-1-14-29(31)40(30-15-2-4-17-32(30)42)26-11-9-12-27(25-26)41-33(23-24-39-43(41)36-18-6-8-22-38(36)56-39)35-20-10-19-34-28-13-5-7-21-37(28)57-50(34)35/h1-25,55H. The van der Waals surface area contributed by atoms with Gasteiger partial charge < -0.3 is 13.9 Å². The Labute approximate surface area is 333 Å². The third-order valence-electron chi connectivity index (χ3n) is 11.5. The lowest BCUT2D eigenvalue weighted by Crippen LogP contribution is -2.42. The first-order chi connectivity index (χ1) is 27.9. The van der Waals surface area contributed by atoms with Gasteiger partial charge in [-0.1, -0.05) is 143 Å². The summed E-state index contributed by atoms with van der Waals surface area (Å²) in [5.74, 6) is -0.313. The fourth-order valence-electron chi connectivity index (χ4n) is 8.92. The van der Waals surface area contributed by atoms with Gasteiger partial charge in [-0.25, -0.2) is 0 Å². The maximum Gasteiger partial charge on any atom is 0.143 e. The van der Waals surface area contributed by atoms with E-state index in [2.05, 4.69) is 97.1 Å². The Balaban J connectivity index is 1.22. The molecule has 1 N–H and O–H groups in total. The lowest BCUT2D eigenvalue weighted by molar-refractivity contribution is 0.484. The average Bonchev–Trinajstić information content (AvgIpc) is 3.83. The number of hydrogen-bond donors (Lipinski definition) is 1. The Morgan fingerprint density at radius 1 is 0.351 bits per heavy atom. The second-order valence-electron chi connectivity index (χ2n) is 14.5. The minimum Gasteiger partial charge on any atom is -0.509 e. The molecule has 256 valence electrons. The monoisotopic (exact) mass is 718 g/mol. The van der Waals surface area contributed by atoms with E-state index in [1.54, 1.807) is 0 Å². The van der Waals surface area contributed by atoms with Gasteiger partial charge in [0.2, 0.25) is 0 Å². The highest BCUT2D eigenvalue weighted by Gasteiger charge is 2.24. The van der Waals surface area contributed by atoms with E-state index in [9.17, 15) is 5.11 Å². The van der Waals surface area contributed by atoms with Crippen LogP contribution in [0.3, 0.4) is 0 Å². The van der Waals surface area contributed by atoms with Gasteiger partial charge in [-0.05, 0) is 85.3 Å². The van der Waals surface area contributed by atoms with Crippen molar-refractivity contribution in [1.82, 2.24) is 0 Å². The molecule has 57 heavy (non-hydrogen) atoms. The first-order valence-electron chi connectivity index (χ1n) is 18.7. The first-order valence-corrected chi connectivity index (χ1v) is 18.7. The van der Waals surface area contributed by atoms with Gasteiger partial charge in [-0.2, -0.15) is 0 Å². The van der Waals surface area contributed by atoms with Crippen LogP contribution in [0.5, 0.6) is 5.75 Å². The SMILES string of the molecule is [B]c1c([B])c(-c2c3ccccc3c(-c3cccc(-c4c(-c5cccc6c5oc5ccccc56)ccc5oc6ccccc6c45)c3)c3ccccc23)c([B])c([B])c1O. The third-order valence-corrected chi connectivity index (χ3v) is 11.5. The van der Waals surface area contributed by atoms with E-state index in [0.29, 0.717) is 5.56 Å². The number of rotatable bonds is 4. The van der Waals surface area contributed by atoms with Gasteiger partial charge in [0.15, 0.2) is 0 Å². The summed E-state index contributed by atoms with van der Waals surface area (Å²) in [6.07, 6.45) is 0.